The van der Waals surface area contributed by atoms with Gasteiger partial charge in [0.25, 0.3) is 5.69 Å². The molecule has 1 fully saturated rings. The predicted molar refractivity (Wildman–Crippen MR) is 91.6 cm³/mol. The van der Waals surface area contributed by atoms with Gasteiger partial charge in [0.2, 0.25) is 0 Å². The van der Waals surface area contributed by atoms with Gasteiger partial charge in [-0.05, 0) is 25.1 Å². The minimum Gasteiger partial charge on any atom is -0.490 e. The van der Waals surface area contributed by atoms with Crippen LogP contribution in [0, 0.1) is 10.1 Å². The Morgan fingerprint density at radius 1 is 1.46 bits per heavy atom. The van der Waals surface area contributed by atoms with Crippen LogP contribution in [-0.4, -0.2) is 29.1 Å². The summed E-state index contributed by atoms with van der Waals surface area (Å²) >= 11 is 6.12. The van der Waals surface area contributed by atoms with Crippen LogP contribution in [0.2, 0.25) is 5.15 Å². The van der Waals surface area contributed by atoms with Crippen LogP contribution in [-0.2, 0) is 6.54 Å². The van der Waals surface area contributed by atoms with Crippen molar-refractivity contribution in [3.63, 3.8) is 0 Å². The van der Waals surface area contributed by atoms with Gasteiger partial charge in [0.15, 0.2) is 0 Å². The van der Waals surface area contributed by atoms with Gasteiger partial charge in [-0.2, -0.15) is 0 Å². The second-order valence-electron chi connectivity index (χ2n) is 5.53. The third-order valence-electron chi connectivity index (χ3n) is 3.80. The molecule has 7 nitrogen and oxygen atoms in total. The van der Waals surface area contributed by atoms with Crippen molar-refractivity contribution >= 4 is 23.0 Å². The summed E-state index contributed by atoms with van der Waals surface area (Å²) in [6, 6.07) is 8.54. The first-order valence-corrected chi connectivity index (χ1v) is 7.98. The van der Waals surface area contributed by atoms with Crippen molar-refractivity contribution in [1.82, 2.24) is 10.3 Å². The third-order valence-corrected chi connectivity index (χ3v) is 4.14. The first-order chi connectivity index (χ1) is 11.6. The maximum Gasteiger partial charge on any atom is 0.271 e. The lowest BCUT2D eigenvalue weighted by Gasteiger charge is -2.27. The quantitative estimate of drug-likeness (QED) is 0.454. The molecule has 0 spiro atoms. The summed E-state index contributed by atoms with van der Waals surface area (Å²) in [5.74, 6) is 0.656. The fraction of sp³-hybridized carbons (Fsp3) is 0.312. The number of non-ortho nitro benzene ring substituents is 1. The number of hydrogen-bond acceptors (Lipinski definition) is 6. The molecule has 1 aliphatic rings. The number of halogens is 1. The number of nitrogens with one attached hydrogen (secondary N) is 2. The Hall–Kier alpha value is -2.38. The van der Waals surface area contributed by atoms with E-state index < -0.39 is 4.92 Å². The summed E-state index contributed by atoms with van der Waals surface area (Å²) in [4.78, 5) is 14.5. The van der Waals surface area contributed by atoms with Gasteiger partial charge >= 0.3 is 0 Å². The standard InChI is InChI=1S/C16H17ClN4O3/c17-16-11(6-15(9-20-16)24-10-13-4-5-18-13)8-19-12-2-1-3-14(7-12)21(22)23/h1-3,6-7,9,13,18-19H,4-5,8,10H2/t13-/m0/s1. The predicted octanol–water partition coefficient (Wildman–Crippen LogP) is 3.00. The van der Waals surface area contributed by atoms with E-state index in [1.807, 2.05) is 6.07 Å². The highest BCUT2D eigenvalue weighted by atomic mass is 35.5. The summed E-state index contributed by atoms with van der Waals surface area (Å²) in [6.07, 6.45) is 2.71. The fourth-order valence-corrected chi connectivity index (χ4v) is 2.46. The largest absolute Gasteiger partial charge is 0.490 e. The number of aromatic nitrogens is 1. The SMILES string of the molecule is O=[N+]([O-])c1cccc(NCc2cc(OC[C@@H]3CCN3)cnc2Cl)c1. The van der Waals surface area contributed by atoms with Gasteiger partial charge in [-0.3, -0.25) is 10.1 Å². The molecule has 1 aromatic heterocycles. The van der Waals surface area contributed by atoms with E-state index in [9.17, 15) is 10.1 Å². The van der Waals surface area contributed by atoms with Crippen molar-refractivity contribution in [3.8, 4) is 5.75 Å². The van der Waals surface area contributed by atoms with E-state index in [0.717, 1.165) is 18.5 Å². The summed E-state index contributed by atoms with van der Waals surface area (Å²) in [5, 5.41) is 17.6. The number of rotatable bonds is 7. The highest BCUT2D eigenvalue weighted by Crippen LogP contribution is 2.22. The van der Waals surface area contributed by atoms with E-state index in [4.69, 9.17) is 16.3 Å². The summed E-state index contributed by atoms with van der Waals surface area (Å²) < 4.78 is 5.71. The van der Waals surface area contributed by atoms with Crippen molar-refractivity contribution in [2.24, 2.45) is 0 Å². The normalized spacial score (nSPS) is 16.3. The van der Waals surface area contributed by atoms with Gasteiger partial charge in [0.1, 0.15) is 17.5 Å². The minimum atomic E-state index is -0.428. The van der Waals surface area contributed by atoms with Gasteiger partial charge < -0.3 is 15.4 Å². The molecule has 8 heteroatoms. The summed E-state index contributed by atoms with van der Waals surface area (Å²) in [5.41, 5.74) is 1.45. The monoisotopic (exact) mass is 348 g/mol. The maximum atomic E-state index is 10.8. The average Bonchev–Trinajstić information content (AvgIpc) is 2.54. The Balaban J connectivity index is 1.63. The molecule has 0 amide bonds. The lowest BCUT2D eigenvalue weighted by Crippen LogP contribution is -2.46. The van der Waals surface area contributed by atoms with E-state index in [2.05, 4.69) is 15.6 Å². The molecule has 1 atom stereocenters. The molecule has 0 unspecified atom stereocenters. The first kappa shape index (κ1) is 16.5. The number of ether oxygens (including phenoxy) is 1. The van der Waals surface area contributed by atoms with Crippen molar-refractivity contribution < 1.29 is 9.66 Å². The Kier molecular flexibility index (Phi) is 5.12. The third kappa shape index (κ3) is 4.12. The van der Waals surface area contributed by atoms with E-state index in [0.29, 0.717) is 35.8 Å². The molecule has 1 saturated heterocycles. The van der Waals surface area contributed by atoms with Crippen molar-refractivity contribution in [3.05, 3.63) is 57.4 Å². The number of anilines is 1. The zero-order chi connectivity index (χ0) is 16.9. The van der Waals surface area contributed by atoms with Crippen molar-refractivity contribution in [1.29, 1.82) is 0 Å². The summed E-state index contributed by atoms with van der Waals surface area (Å²) in [7, 11) is 0. The molecular formula is C16H17ClN4O3. The number of nitro groups is 1. The molecule has 0 bridgehead atoms. The van der Waals surface area contributed by atoms with Crippen LogP contribution in [0.5, 0.6) is 5.75 Å². The van der Waals surface area contributed by atoms with Gasteiger partial charge in [0, 0.05) is 36.0 Å². The van der Waals surface area contributed by atoms with Crippen molar-refractivity contribution in [2.45, 2.75) is 19.0 Å². The zero-order valence-corrected chi connectivity index (χ0v) is 13.6. The second kappa shape index (κ2) is 7.46. The minimum absolute atomic E-state index is 0.0364. The van der Waals surface area contributed by atoms with E-state index in [1.54, 1.807) is 18.3 Å². The Labute approximate surface area is 144 Å². The van der Waals surface area contributed by atoms with E-state index >= 15 is 0 Å². The van der Waals surface area contributed by atoms with Gasteiger partial charge in [-0.1, -0.05) is 17.7 Å². The van der Waals surface area contributed by atoms with Crippen LogP contribution >= 0.6 is 11.6 Å². The smallest absolute Gasteiger partial charge is 0.271 e. The van der Waals surface area contributed by atoms with Crippen LogP contribution in [0.4, 0.5) is 11.4 Å². The number of pyridine rings is 1. The zero-order valence-electron chi connectivity index (χ0n) is 12.9. The first-order valence-electron chi connectivity index (χ1n) is 7.61. The molecule has 24 heavy (non-hydrogen) atoms. The average molecular weight is 349 g/mol. The number of nitro benzene ring substituents is 1. The Morgan fingerprint density at radius 3 is 3.00 bits per heavy atom. The lowest BCUT2D eigenvalue weighted by atomic mass is 10.1. The van der Waals surface area contributed by atoms with Crippen molar-refractivity contribution in [2.75, 3.05) is 18.5 Å². The van der Waals surface area contributed by atoms with Crippen LogP contribution in [0.25, 0.3) is 0 Å². The molecule has 0 aliphatic carbocycles. The molecule has 1 aromatic carbocycles. The van der Waals surface area contributed by atoms with E-state index in [-0.39, 0.29) is 5.69 Å². The molecule has 0 saturated carbocycles. The van der Waals surface area contributed by atoms with Gasteiger partial charge in [0.05, 0.1) is 11.1 Å². The van der Waals surface area contributed by atoms with E-state index in [1.165, 1.54) is 12.1 Å². The molecule has 2 aromatic rings. The maximum absolute atomic E-state index is 10.8. The number of nitrogens with zero attached hydrogens (tertiary/aromatic N) is 2. The van der Waals surface area contributed by atoms with Crippen LogP contribution in [0.1, 0.15) is 12.0 Å². The fourth-order valence-electron chi connectivity index (χ4n) is 2.29. The molecule has 2 heterocycles. The van der Waals surface area contributed by atoms with Gasteiger partial charge in [-0.25, -0.2) is 4.98 Å². The number of hydrogen-bond donors (Lipinski definition) is 2. The molecular weight excluding hydrogens is 332 g/mol. The highest BCUT2D eigenvalue weighted by Gasteiger charge is 2.17. The Bertz CT molecular complexity index is 737. The summed E-state index contributed by atoms with van der Waals surface area (Å²) in [6.45, 7) is 2.03. The molecule has 2 N–H and O–H groups in total. The number of benzene rings is 1. The highest BCUT2D eigenvalue weighted by molar-refractivity contribution is 6.30. The lowest BCUT2D eigenvalue weighted by molar-refractivity contribution is -0.384. The van der Waals surface area contributed by atoms with Crippen LogP contribution in [0.3, 0.4) is 0 Å². The second-order valence-corrected chi connectivity index (χ2v) is 5.89. The Morgan fingerprint density at radius 2 is 2.29 bits per heavy atom. The van der Waals surface area contributed by atoms with Crippen LogP contribution in [0.15, 0.2) is 36.5 Å². The van der Waals surface area contributed by atoms with Gasteiger partial charge in [-0.15, -0.1) is 0 Å². The molecule has 3 rings (SSSR count). The van der Waals surface area contributed by atoms with Crippen LogP contribution < -0.4 is 15.4 Å². The topological polar surface area (TPSA) is 89.3 Å². The molecule has 1 aliphatic heterocycles. The molecule has 126 valence electrons. The molecule has 0 radical (unpaired) electrons.